The number of benzene rings is 1. The number of Topliss-reactive ketones (excluding diaryl/α,β-unsaturated/α-hetero) is 1. The van der Waals surface area contributed by atoms with E-state index in [-0.39, 0.29) is 31.0 Å². The summed E-state index contributed by atoms with van der Waals surface area (Å²) in [5, 5.41) is 9.47. The fourth-order valence-corrected chi connectivity index (χ4v) is 2.34. The van der Waals surface area contributed by atoms with Gasteiger partial charge in [-0.15, -0.1) is 0 Å². The molecule has 0 aliphatic carbocycles. The Balaban J connectivity index is 0.00000108. The maximum Gasteiger partial charge on any atom is 0.290 e. The molecule has 28 heavy (non-hydrogen) atoms. The van der Waals surface area contributed by atoms with Gasteiger partial charge in [-0.25, -0.2) is 0 Å². The van der Waals surface area contributed by atoms with Gasteiger partial charge in [-0.1, -0.05) is 54.0 Å². The van der Waals surface area contributed by atoms with Crippen LogP contribution in [0.15, 0.2) is 36.5 Å². The molecule has 1 aromatic carbocycles. The first-order valence-electron chi connectivity index (χ1n) is 8.71. The lowest BCUT2D eigenvalue weighted by atomic mass is 10.0. The van der Waals surface area contributed by atoms with E-state index in [9.17, 15) is 13.8 Å². The van der Waals surface area contributed by atoms with Crippen molar-refractivity contribution < 1.29 is 23.7 Å². The lowest BCUT2D eigenvalue weighted by Crippen LogP contribution is -2.38. The first-order valence-corrected chi connectivity index (χ1v) is 8.71. The fraction of sp³-hybridized carbons (Fsp3) is 0.368. The summed E-state index contributed by atoms with van der Waals surface area (Å²) in [6.07, 6.45) is 1.36. The van der Waals surface area contributed by atoms with E-state index < -0.39 is 11.4 Å². The van der Waals surface area contributed by atoms with Gasteiger partial charge in [0.25, 0.3) is 6.47 Å². The molecule has 0 saturated heterocycles. The summed E-state index contributed by atoms with van der Waals surface area (Å²) in [7, 11) is 0. The van der Waals surface area contributed by atoms with Crippen molar-refractivity contribution in [3.8, 4) is 0 Å². The number of para-hydroxylation sites is 1. The SMILES string of the molecule is C=C(CN)NC(Cc1c(N(F)F)[nH]c2ccccc12)C(C)=O.CCC.O=CO. The number of fused-ring (bicyclic) bond motifs is 1. The number of carbonyl (C=O) groups excluding carboxylic acids is 1. The van der Waals surface area contributed by atoms with E-state index in [1.165, 1.54) is 13.3 Å². The number of aromatic amines is 1. The van der Waals surface area contributed by atoms with Gasteiger partial charge in [-0.3, -0.25) is 9.59 Å². The van der Waals surface area contributed by atoms with E-state index in [1.807, 2.05) is 0 Å². The molecular weight excluding hydrogens is 370 g/mol. The molecule has 2 aromatic rings. The molecule has 0 saturated carbocycles. The number of H-pyrrole nitrogens is 1. The van der Waals surface area contributed by atoms with Crippen molar-refractivity contribution in [2.24, 2.45) is 5.73 Å². The molecule has 0 radical (unpaired) electrons. The van der Waals surface area contributed by atoms with Crippen LogP contribution in [-0.4, -0.2) is 34.9 Å². The van der Waals surface area contributed by atoms with Gasteiger partial charge in [0, 0.05) is 35.1 Å². The van der Waals surface area contributed by atoms with Crippen LogP contribution in [0.1, 0.15) is 32.8 Å². The molecule has 0 bridgehead atoms. The molecule has 0 amide bonds. The molecule has 9 heteroatoms. The number of nitrogens with zero attached hydrogens (tertiary/aromatic N) is 1. The number of hydrogen-bond acceptors (Lipinski definition) is 5. The molecule has 1 unspecified atom stereocenters. The predicted molar refractivity (Wildman–Crippen MR) is 107 cm³/mol. The number of hydrogen-bond donors (Lipinski definition) is 4. The molecule has 0 aliphatic heterocycles. The van der Waals surface area contributed by atoms with Gasteiger partial charge in [-0.05, 0) is 18.3 Å². The lowest BCUT2D eigenvalue weighted by Gasteiger charge is -2.18. The second-order valence-corrected chi connectivity index (χ2v) is 5.86. The van der Waals surface area contributed by atoms with Gasteiger partial charge in [0.1, 0.15) is 0 Å². The monoisotopic (exact) mass is 398 g/mol. The number of nitrogens with one attached hydrogen (secondary N) is 2. The predicted octanol–water partition coefficient (Wildman–Crippen LogP) is 3.42. The average molecular weight is 398 g/mol. The Morgan fingerprint density at radius 2 is 1.93 bits per heavy atom. The first kappa shape index (κ1) is 25.1. The minimum Gasteiger partial charge on any atom is -0.483 e. The summed E-state index contributed by atoms with van der Waals surface area (Å²) in [5.74, 6) is -0.484. The summed E-state index contributed by atoms with van der Waals surface area (Å²) in [6.45, 7) is 9.26. The van der Waals surface area contributed by atoms with Crippen molar-refractivity contribution >= 4 is 29.0 Å². The van der Waals surface area contributed by atoms with Crippen molar-refractivity contribution in [3.05, 3.63) is 42.1 Å². The fourth-order valence-electron chi connectivity index (χ4n) is 2.34. The molecule has 0 fully saturated rings. The van der Waals surface area contributed by atoms with Gasteiger partial charge >= 0.3 is 0 Å². The Bertz CT molecular complexity index is 763. The van der Waals surface area contributed by atoms with E-state index in [2.05, 4.69) is 30.7 Å². The summed E-state index contributed by atoms with van der Waals surface area (Å²) in [6, 6.07) is 6.31. The van der Waals surface area contributed by atoms with Gasteiger partial charge in [0.15, 0.2) is 11.6 Å². The Kier molecular flexibility index (Phi) is 11.9. The third kappa shape index (κ3) is 7.75. The van der Waals surface area contributed by atoms with Crippen LogP contribution < -0.4 is 16.4 Å². The van der Waals surface area contributed by atoms with Crippen molar-refractivity contribution in [2.75, 3.05) is 11.9 Å². The Morgan fingerprint density at radius 1 is 1.39 bits per heavy atom. The summed E-state index contributed by atoms with van der Waals surface area (Å²) in [5.41, 5.74) is 6.90. The third-order valence-electron chi connectivity index (χ3n) is 3.48. The van der Waals surface area contributed by atoms with Crippen LogP contribution in [0.3, 0.4) is 0 Å². The molecule has 2 rings (SSSR count). The van der Waals surface area contributed by atoms with Gasteiger partial charge < -0.3 is 21.1 Å². The average Bonchev–Trinajstić information content (AvgIpc) is 3.01. The zero-order valence-corrected chi connectivity index (χ0v) is 16.3. The molecular formula is C19H28F2N4O3. The number of anilines is 1. The smallest absolute Gasteiger partial charge is 0.290 e. The molecule has 1 atom stereocenters. The quantitative estimate of drug-likeness (QED) is 0.420. The van der Waals surface area contributed by atoms with Crippen LogP contribution in [-0.2, 0) is 16.0 Å². The van der Waals surface area contributed by atoms with Crippen LogP contribution in [0.5, 0.6) is 0 Å². The number of rotatable bonds is 7. The number of carbonyl (C=O) groups is 2. The highest BCUT2D eigenvalue weighted by Crippen LogP contribution is 2.30. The van der Waals surface area contributed by atoms with Crippen molar-refractivity contribution in [3.63, 3.8) is 0 Å². The molecule has 0 aliphatic rings. The maximum atomic E-state index is 13.1. The second-order valence-electron chi connectivity index (χ2n) is 5.86. The van der Waals surface area contributed by atoms with E-state index in [4.69, 9.17) is 15.6 Å². The molecule has 5 N–H and O–H groups in total. The molecule has 0 spiro atoms. The Morgan fingerprint density at radius 3 is 2.39 bits per heavy atom. The zero-order valence-electron chi connectivity index (χ0n) is 16.3. The largest absolute Gasteiger partial charge is 0.483 e. The minimum absolute atomic E-state index is 0.109. The van der Waals surface area contributed by atoms with Crippen LogP contribution in [0, 0.1) is 0 Å². The highest BCUT2D eigenvalue weighted by atomic mass is 19.4. The van der Waals surface area contributed by atoms with E-state index in [1.54, 1.807) is 24.3 Å². The summed E-state index contributed by atoms with van der Waals surface area (Å²) in [4.78, 5) is 22.8. The Hall–Kier alpha value is -2.94. The maximum absolute atomic E-state index is 13.1. The minimum atomic E-state index is -0.968. The number of halogens is 2. The summed E-state index contributed by atoms with van der Waals surface area (Å²) < 4.78 is 26.2. The van der Waals surface area contributed by atoms with Crippen LogP contribution in [0.25, 0.3) is 10.9 Å². The van der Waals surface area contributed by atoms with Crippen molar-refractivity contribution in [2.45, 2.75) is 39.7 Å². The van der Waals surface area contributed by atoms with Crippen molar-refractivity contribution in [1.29, 1.82) is 0 Å². The standard InChI is InChI=1S/C15H18F2N4O.C3H8.CH2O2/c1-9(8-18)19-14(10(2)22)7-12-11-5-3-4-6-13(11)20-15(12)21(16)17;1-3-2;2-1-3/h3-6,14,19-20H,1,7-8,18H2,2H3;3H2,1-2H3;1H,(H,2,3). The number of ketones is 1. The van der Waals surface area contributed by atoms with Crippen LogP contribution in [0.2, 0.25) is 0 Å². The normalized spacial score (nSPS) is 10.6. The topological polar surface area (TPSA) is 111 Å². The zero-order chi connectivity index (χ0) is 21.7. The molecule has 1 aromatic heterocycles. The van der Waals surface area contributed by atoms with E-state index >= 15 is 0 Å². The Labute approximate surface area is 163 Å². The van der Waals surface area contributed by atoms with Crippen molar-refractivity contribution in [1.82, 2.24) is 10.3 Å². The van der Waals surface area contributed by atoms with Gasteiger partial charge in [-0.2, -0.15) is 0 Å². The number of aromatic nitrogens is 1. The lowest BCUT2D eigenvalue weighted by molar-refractivity contribution is -0.123. The van der Waals surface area contributed by atoms with Gasteiger partial charge in [0.05, 0.1) is 6.04 Å². The number of nitrogens with two attached hydrogens (primary N) is 1. The molecule has 156 valence electrons. The number of carboxylic acid groups (broad SMARTS) is 1. The van der Waals surface area contributed by atoms with Gasteiger partial charge in [0.2, 0.25) is 0 Å². The highest BCUT2D eigenvalue weighted by molar-refractivity contribution is 5.90. The van der Waals surface area contributed by atoms with E-state index in [0.29, 0.717) is 22.2 Å². The molecule has 1 heterocycles. The summed E-state index contributed by atoms with van der Waals surface area (Å²) >= 11 is 0. The third-order valence-corrected chi connectivity index (χ3v) is 3.48. The molecule has 7 nitrogen and oxygen atoms in total. The van der Waals surface area contributed by atoms with Crippen LogP contribution >= 0.6 is 0 Å². The van der Waals surface area contributed by atoms with E-state index in [0.717, 1.165) is 0 Å². The van der Waals surface area contributed by atoms with Crippen LogP contribution in [0.4, 0.5) is 14.8 Å². The highest BCUT2D eigenvalue weighted by Gasteiger charge is 2.23. The first-order chi connectivity index (χ1) is 13.3. The second kappa shape index (κ2) is 13.3.